The number of amides is 1. The van der Waals surface area contributed by atoms with Crippen LogP contribution < -0.4 is 14.8 Å². The number of ether oxygens (including phenoxy) is 1. The van der Waals surface area contributed by atoms with Gasteiger partial charge >= 0.3 is 0 Å². The molecular weight excluding hydrogens is 386 g/mol. The van der Waals surface area contributed by atoms with Crippen molar-refractivity contribution in [1.29, 1.82) is 0 Å². The fourth-order valence-electron chi connectivity index (χ4n) is 2.31. The number of thiazole rings is 1. The summed E-state index contributed by atoms with van der Waals surface area (Å²) in [6.45, 7) is 1.44. The van der Waals surface area contributed by atoms with Gasteiger partial charge in [-0.2, -0.15) is 0 Å². The van der Waals surface area contributed by atoms with Gasteiger partial charge in [-0.3, -0.25) is 9.52 Å². The predicted octanol–water partition coefficient (Wildman–Crippen LogP) is 3.58. The zero-order valence-electron chi connectivity index (χ0n) is 14.6. The molecule has 140 valence electrons. The highest BCUT2D eigenvalue weighted by atomic mass is 32.2. The van der Waals surface area contributed by atoms with E-state index in [0.29, 0.717) is 17.1 Å². The SMILES string of the molecule is COc1ccc(S(=O)(=O)Nc2nc(-c3ccc(NC(C)=O)cc3)cs2)cc1. The van der Waals surface area contributed by atoms with Crippen LogP contribution >= 0.6 is 11.3 Å². The molecule has 1 aromatic heterocycles. The summed E-state index contributed by atoms with van der Waals surface area (Å²) in [6.07, 6.45) is 0. The second-order valence-corrected chi connectivity index (χ2v) is 8.12. The second-order valence-electron chi connectivity index (χ2n) is 5.58. The van der Waals surface area contributed by atoms with Crippen LogP contribution in [0.15, 0.2) is 58.8 Å². The van der Waals surface area contributed by atoms with Crippen molar-refractivity contribution in [2.45, 2.75) is 11.8 Å². The number of methoxy groups -OCH3 is 1. The van der Waals surface area contributed by atoms with Gasteiger partial charge in [0.15, 0.2) is 5.13 Å². The van der Waals surface area contributed by atoms with E-state index in [1.54, 1.807) is 29.6 Å². The van der Waals surface area contributed by atoms with Crippen LogP contribution in [0.25, 0.3) is 11.3 Å². The van der Waals surface area contributed by atoms with E-state index >= 15 is 0 Å². The summed E-state index contributed by atoms with van der Waals surface area (Å²) in [4.78, 5) is 15.5. The van der Waals surface area contributed by atoms with Crippen LogP contribution in [0.3, 0.4) is 0 Å². The van der Waals surface area contributed by atoms with Gasteiger partial charge in [-0.25, -0.2) is 13.4 Å². The molecule has 3 rings (SSSR count). The first-order chi connectivity index (χ1) is 12.9. The number of benzene rings is 2. The van der Waals surface area contributed by atoms with Crippen molar-refractivity contribution in [2.24, 2.45) is 0 Å². The first kappa shape index (κ1) is 18.9. The zero-order chi connectivity index (χ0) is 19.4. The maximum atomic E-state index is 12.5. The van der Waals surface area contributed by atoms with Gasteiger partial charge in [0.2, 0.25) is 5.91 Å². The summed E-state index contributed by atoms with van der Waals surface area (Å²) in [7, 11) is -2.22. The number of hydrogen-bond donors (Lipinski definition) is 2. The molecule has 0 saturated carbocycles. The van der Waals surface area contributed by atoms with Gasteiger partial charge in [0, 0.05) is 23.6 Å². The number of aromatic nitrogens is 1. The van der Waals surface area contributed by atoms with E-state index < -0.39 is 10.0 Å². The van der Waals surface area contributed by atoms with Crippen molar-refractivity contribution >= 4 is 38.1 Å². The molecule has 2 aromatic carbocycles. The van der Waals surface area contributed by atoms with Gasteiger partial charge in [0.1, 0.15) is 5.75 Å². The molecule has 0 fully saturated rings. The Labute approximate surface area is 161 Å². The Morgan fingerprint density at radius 2 is 1.74 bits per heavy atom. The van der Waals surface area contributed by atoms with Crippen LogP contribution in [-0.4, -0.2) is 26.4 Å². The highest BCUT2D eigenvalue weighted by Crippen LogP contribution is 2.28. The van der Waals surface area contributed by atoms with Crippen LogP contribution in [0, 0.1) is 0 Å². The summed E-state index contributed by atoms with van der Waals surface area (Å²) in [5.74, 6) is 0.430. The second kappa shape index (κ2) is 7.77. The molecule has 1 heterocycles. The minimum Gasteiger partial charge on any atom is -0.497 e. The number of hydrogen-bond acceptors (Lipinski definition) is 6. The van der Waals surface area contributed by atoms with Crippen molar-refractivity contribution in [3.8, 4) is 17.0 Å². The van der Waals surface area contributed by atoms with E-state index in [1.165, 1.54) is 37.5 Å². The lowest BCUT2D eigenvalue weighted by Crippen LogP contribution is -2.12. The van der Waals surface area contributed by atoms with E-state index in [9.17, 15) is 13.2 Å². The fourth-order valence-corrected chi connectivity index (χ4v) is 4.28. The molecule has 0 saturated heterocycles. The van der Waals surface area contributed by atoms with Crippen molar-refractivity contribution < 1.29 is 17.9 Å². The maximum Gasteiger partial charge on any atom is 0.263 e. The number of carbonyl (C=O) groups excluding carboxylic acids is 1. The van der Waals surface area contributed by atoms with Gasteiger partial charge in [0.05, 0.1) is 17.7 Å². The van der Waals surface area contributed by atoms with E-state index in [1.807, 2.05) is 12.1 Å². The van der Waals surface area contributed by atoms with Gasteiger partial charge < -0.3 is 10.1 Å². The van der Waals surface area contributed by atoms with Crippen LogP contribution in [-0.2, 0) is 14.8 Å². The lowest BCUT2D eigenvalue weighted by Gasteiger charge is -2.06. The Bertz CT molecular complexity index is 1040. The standard InChI is InChI=1S/C18H17N3O4S2/c1-12(22)19-14-5-3-13(4-6-14)17-11-26-18(20-17)21-27(23,24)16-9-7-15(25-2)8-10-16/h3-11H,1-2H3,(H,19,22)(H,20,21). The normalized spacial score (nSPS) is 11.0. The molecule has 0 spiro atoms. The largest absolute Gasteiger partial charge is 0.497 e. The van der Waals surface area contributed by atoms with Gasteiger partial charge in [-0.05, 0) is 36.4 Å². The molecule has 27 heavy (non-hydrogen) atoms. The Morgan fingerprint density at radius 3 is 2.33 bits per heavy atom. The molecule has 0 unspecified atom stereocenters. The fraction of sp³-hybridized carbons (Fsp3) is 0.111. The monoisotopic (exact) mass is 403 g/mol. The van der Waals surface area contributed by atoms with Crippen molar-refractivity contribution in [1.82, 2.24) is 4.98 Å². The molecule has 0 atom stereocenters. The molecule has 0 bridgehead atoms. The van der Waals surface area contributed by atoms with E-state index in [-0.39, 0.29) is 15.9 Å². The predicted molar refractivity (Wildman–Crippen MR) is 106 cm³/mol. The zero-order valence-corrected chi connectivity index (χ0v) is 16.2. The molecule has 2 N–H and O–H groups in total. The molecule has 3 aromatic rings. The molecule has 1 amide bonds. The summed E-state index contributed by atoms with van der Waals surface area (Å²) in [6, 6.07) is 13.2. The maximum absolute atomic E-state index is 12.5. The summed E-state index contributed by atoms with van der Waals surface area (Å²) >= 11 is 1.19. The smallest absolute Gasteiger partial charge is 0.263 e. The Hall–Kier alpha value is -2.91. The van der Waals surface area contributed by atoms with E-state index in [0.717, 1.165) is 5.56 Å². The van der Waals surface area contributed by atoms with Crippen LogP contribution in [0.5, 0.6) is 5.75 Å². The molecule has 0 aliphatic carbocycles. The summed E-state index contributed by atoms with van der Waals surface area (Å²) < 4.78 is 32.5. The number of nitrogens with one attached hydrogen (secondary N) is 2. The Kier molecular flexibility index (Phi) is 5.43. The van der Waals surface area contributed by atoms with Crippen molar-refractivity contribution in [3.05, 3.63) is 53.9 Å². The van der Waals surface area contributed by atoms with Crippen LogP contribution in [0.2, 0.25) is 0 Å². The topological polar surface area (TPSA) is 97.4 Å². The number of carbonyl (C=O) groups is 1. The third-order valence-corrected chi connectivity index (χ3v) is 5.84. The van der Waals surface area contributed by atoms with Crippen LogP contribution in [0.4, 0.5) is 10.8 Å². The van der Waals surface area contributed by atoms with Gasteiger partial charge in [0.25, 0.3) is 10.0 Å². The van der Waals surface area contributed by atoms with Crippen LogP contribution in [0.1, 0.15) is 6.92 Å². The molecule has 0 aliphatic heterocycles. The highest BCUT2D eigenvalue weighted by molar-refractivity contribution is 7.93. The molecule has 9 heteroatoms. The first-order valence-corrected chi connectivity index (χ1v) is 10.2. The van der Waals surface area contributed by atoms with Crippen molar-refractivity contribution in [2.75, 3.05) is 17.1 Å². The lowest BCUT2D eigenvalue weighted by atomic mass is 10.1. The summed E-state index contributed by atoms with van der Waals surface area (Å²) in [5, 5.41) is 4.72. The number of nitrogens with zero attached hydrogens (tertiary/aromatic N) is 1. The highest BCUT2D eigenvalue weighted by Gasteiger charge is 2.16. The molecule has 7 nitrogen and oxygen atoms in total. The average molecular weight is 403 g/mol. The number of sulfonamides is 1. The molecule has 0 aliphatic rings. The Balaban J connectivity index is 1.76. The quantitative estimate of drug-likeness (QED) is 0.656. The minimum absolute atomic E-state index is 0.125. The van der Waals surface area contributed by atoms with Gasteiger partial charge in [-0.1, -0.05) is 12.1 Å². The molecular formula is C18H17N3O4S2. The summed E-state index contributed by atoms with van der Waals surface area (Å²) in [5.41, 5.74) is 2.14. The Morgan fingerprint density at radius 1 is 1.07 bits per heavy atom. The number of rotatable bonds is 6. The first-order valence-electron chi connectivity index (χ1n) is 7.88. The van der Waals surface area contributed by atoms with Crippen molar-refractivity contribution in [3.63, 3.8) is 0 Å². The third kappa shape index (κ3) is 4.63. The third-order valence-electron chi connectivity index (χ3n) is 3.60. The van der Waals surface area contributed by atoms with E-state index in [4.69, 9.17) is 4.74 Å². The molecule has 0 radical (unpaired) electrons. The lowest BCUT2D eigenvalue weighted by molar-refractivity contribution is -0.114. The number of anilines is 2. The minimum atomic E-state index is -3.73. The van der Waals surface area contributed by atoms with Gasteiger partial charge in [-0.15, -0.1) is 11.3 Å². The van der Waals surface area contributed by atoms with E-state index in [2.05, 4.69) is 15.0 Å². The average Bonchev–Trinajstić information content (AvgIpc) is 3.09.